The molecular weight excluding hydrogens is 314 g/mol. The monoisotopic (exact) mass is 341 g/mol. The van der Waals surface area contributed by atoms with Gasteiger partial charge in [0.05, 0.1) is 6.54 Å². The number of anilines is 1. The molecule has 7 heteroatoms. The first-order valence-corrected chi connectivity index (χ1v) is 9.30. The second-order valence-electron chi connectivity index (χ2n) is 7.10. The number of hydrogen-bond donors (Lipinski definition) is 1. The average molecular weight is 341 g/mol. The number of pyridine rings is 1. The first-order chi connectivity index (χ1) is 12.2. The summed E-state index contributed by atoms with van der Waals surface area (Å²) < 4.78 is 2.29. The minimum absolute atomic E-state index is 0.343. The van der Waals surface area contributed by atoms with Crippen LogP contribution in [0.15, 0.2) is 24.4 Å². The van der Waals surface area contributed by atoms with Crippen molar-refractivity contribution in [3.05, 3.63) is 36.0 Å². The van der Waals surface area contributed by atoms with Crippen LogP contribution < -0.4 is 10.6 Å². The summed E-state index contributed by atoms with van der Waals surface area (Å²) in [6.45, 7) is 8.03. The molecule has 2 aliphatic rings. The standard InChI is InChI=1S/C18H27N7/c1-2-25-17(21-22-18(25)14-11-15(19)12-14)13-23-7-9-24(10-8-23)16-5-3-4-6-20-16/h3-6,14-15H,2,7-13,19H2,1H3. The predicted molar refractivity (Wildman–Crippen MR) is 97.4 cm³/mol. The minimum Gasteiger partial charge on any atom is -0.354 e. The van der Waals surface area contributed by atoms with Gasteiger partial charge in [-0.2, -0.15) is 0 Å². The maximum absolute atomic E-state index is 5.94. The van der Waals surface area contributed by atoms with Gasteiger partial charge in [0.2, 0.25) is 0 Å². The molecule has 2 fully saturated rings. The van der Waals surface area contributed by atoms with Crippen molar-refractivity contribution >= 4 is 5.82 Å². The van der Waals surface area contributed by atoms with Gasteiger partial charge in [-0.25, -0.2) is 4.98 Å². The topological polar surface area (TPSA) is 76.1 Å². The fraction of sp³-hybridized carbons (Fsp3) is 0.611. The molecule has 0 radical (unpaired) electrons. The number of nitrogens with two attached hydrogens (primary N) is 1. The highest BCUT2D eigenvalue weighted by atomic mass is 15.3. The average Bonchev–Trinajstić information content (AvgIpc) is 3.02. The molecule has 1 aliphatic heterocycles. The van der Waals surface area contributed by atoms with Crippen LogP contribution in [0.1, 0.15) is 37.3 Å². The van der Waals surface area contributed by atoms with E-state index >= 15 is 0 Å². The molecule has 0 atom stereocenters. The lowest BCUT2D eigenvalue weighted by atomic mass is 9.80. The molecule has 0 bridgehead atoms. The smallest absolute Gasteiger partial charge is 0.147 e. The molecule has 3 heterocycles. The van der Waals surface area contributed by atoms with Crippen LogP contribution in [-0.4, -0.2) is 56.9 Å². The van der Waals surface area contributed by atoms with Gasteiger partial charge in [-0.3, -0.25) is 4.90 Å². The molecule has 1 saturated carbocycles. The summed E-state index contributed by atoms with van der Waals surface area (Å²) in [6.07, 6.45) is 3.95. The van der Waals surface area contributed by atoms with Crippen molar-refractivity contribution in [2.75, 3.05) is 31.1 Å². The van der Waals surface area contributed by atoms with Crippen LogP contribution >= 0.6 is 0 Å². The van der Waals surface area contributed by atoms with E-state index in [1.165, 1.54) is 0 Å². The number of aromatic nitrogens is 4. The Kier molecular flexibility index (Phi) is 4.67. The zero-order chi connectivity index (χ0) is 17.2. The van der Waals surface area contributed by atoms with Crippen molar-refractivity contribution in [2.24, 2.45) is 5.73 Å². The van der Waals surface area contributed by atoms with Gasteiger partial charge < -0.3 is 15.2 Å². The van der Waals surface area contributed by atoms with E-state index in [-0.39, 0.29) is 0 Å². The second kappa shape index (κ2) is 7.09. The molecule has 0 spiro atoms. The Labute approximate surface area is 148 Å². The van der Waals surface area contributed by atoms with E-state index in [4.69, 9.17) is 5.73 Å². The SMILES string of the molecule is CCn1c(CN2CCN(c3ccccn3)CC2)nnc1C1CC(N)C1. The molecule has 0 amide bonds. The van der Waals surface area contributed by atoms with Gasteiger partial charge in [-0.05, 0) is 31.9 Å². The Balaban J connectivity index is 1.37. The van der Waals surface area contributed by atoms with E-state index < -0.39 is 0 Å². The van der Waals surface area contributed by atoms with E-state index in [1.54, 1.807) is 0 Å². The highest BCUT2D eigenvalue weighted by molar-refractivity contribution is 5.38. The van der Waals surface area contributed by atoms with Gasteiger partial charge in [-0.15, -0.1) is 10.2 Å². The van der Waals surface area contributed by atoms with Gasteiger partial charge >= 0.3 is 0 Å². The van der Waals surface area contributed by atoms with E-state index in [9.17, 15) is 0 Å². The predicted octanol–water partition coefficient (Wildman–Crippen LogP) is 1.22. The Bertz CT molecular complexity index is 685. The fourth-order valence-corrected chi connectivity index (χ4v) is 3.86. The first-order valence-electron chi connectivity index (χ1n) is 9.30. The third-order valence-corrected chi connectivity index (χ3v) is 5.42. The normalized spacial score (nSPS) is 24.3. The fourth-order valence-electron chi connectivity index (χ4n) is 3.86. The first kappa shape index (κ1) is 16.5. The van der Waals surface area contributed by atoms with Crippen molar-refractivity contribution in [2.45, 2.75) is 44.8 Å². The summed E-state index contributed by atoms with van der Waals surface area (Å²) in [7, 11) is 0. The Morgan fingerprint density at radius 1 is 1.12 bits per heavy atom. The van der Waals surface area contributed by atoms with Crippen LogP contribution in [-0.2, 0) is 13.1 Å². The van der Waals surface area contributed by atoms with Crippen LogP contribution in [0.2, 0.25) is 0 Å². The summed E-state index contributed by atoms with van der Waals surface area (Å²) in [5.41, 5.74) is 5.94. The lowest BCUT2D eigenvalue weighted by Crippen LogP contribution is -2.46. The number of rotatable bonds is 5. The highest BCUT2D eigenvalue weighted by Gasteiger charge is 2.32. The molecule has 1 aliphatic carbocycles. The summed E-state index contributed by atoms with van der Waals surface area (Å²) in [6, 6.07) is 6.44. The van der Waals surface area contributed by atoms with Crippen LogP contribution in [0, 0.1) is 0 Å². The van der Waals surface area contributed by atoms with Crippen LogP contribution in [0.25, 0.3) is 0 Å². The summed E-state index contributed by atoms with van der Waals surface area (Å²) in [5.74, 6) is 3.79. The van der Waals surface area contributed by atoms with Gasteiger partial charge in [0, 0.05) is 50.9 Å². The molecule has 4 rings (SSSR count). The van der Waals surface area contributed by atoms with E-state index in [1.807, 2.05) is 18.3 Å². The van der Waals surface area contributed by atoms with E-state index in [0.29, 0.717) is 12.0 Å². The molecule has 7 nitrogen and oxygen atoms in total. The molecule has 2 aromatic heterocycles. The molecular formula is C18H27N7. The highest BCUT2D eigenvalue weighted by Crippen LogP contribution is 2.34. The maximum Gasteiger partial charge on any atom is 0.147 e. The molecule has 2 aromatic rings. The third kappa shape index (κ3) is 3.39. The molecule has 134 valence electrons. The van der Waals surface area contributed by atoms with Crippen molar-refractivity contribution in [1.29, 1.82) is 0 Å². The largest absolute Gasteiger partial charge is 0.354 e. The van der Waals surface area contributed by atoms with Gasteiger partial charge in [0.15, 0.2) is 0 Å². The molecule has 1 saturated heterocycles. The summed E-state index contributed by atoms with van der Waals surface area (Å²) in [4.78, 5) is 9.27. The number of hydrogen-bond acceptors (Lipinski definition) is 6. The van der Waals surface area contributed by atoms with Gasteiger partial charge in [-0.1, -0.05) is 6.07 Å². The molecule has 0 aromatic carbocycles. The van der Waals surface area contributed by atoms with E-state index in [0.717, 1.165) is 69.6 Å². The molecule has 25 heavy (non-hydrogen) atoms. The van der Waals surface area contributed by atoms with Gasteiger partial charge in [0.1, 0.15) is 17.5 Å². The van der Waals surface area contributed by atoms with Crippen molar-refractivity contribution < 1.29 is 0 Å². The Morgan fingerprint density at radius 3 is 2.56 bits per heavy atom. The van der Waals surface area contributed by atoms with Crippen LogP contribution in [0.5, 0.6) is 0 Å². The van der Waals surface area contributed by atoms with Crippen molar-refractivity contribution in [1.82, 2.24) is 24.6 Å². The van der Waals surface area contributed by atoms with Crippen LogP contribution in [0.4, 0.5) is 5.82 Å². The lowest BCUT2D eigenvalue weighted by Gasteiger charge is -2.35. The molecule has 2 N–H and O–H groups in total. The summed E-state index contributed by atoms with van der Waals surface area (Å²) in [5, 5.41) is 8.97. The number of nitrogens with zero attached hydrogens (tertiary/aromatic N) is 6. The second-order valence-corrected chi connectivity index (χ2v) is 7.10. The van der Waals surface area contributed by atoms with E-state index in [2.05, 4.69) is 42.5 Å². The lowest BCUT2D eigenvalue weighted by molar-refractivity contribution is 0.239. The summed E-state index contributed by atoms with van der Waals surface area (Å²) >= 11 is 0. The van der Waals surface area contributed by atoms with Crippen molar-refractivity contribution in [3.8, 4) is 0 Å². The molecule has 0 unspecified atom stereocenters. The number of piperazine rings is 1. The Hall–Kier alpha value is -1.99. The Morgan fingerprint density at radius 2 is 1.92 bits per heavy atom. The third-order valence-electron chi connectivity index (χ3n) is 5.42. The minimum atomic E-state index is 0.343. The maximum atomic E-state index is 5.94. The quantitative estimate of drug-likeness (QED) is 0.881. The van der Waals surface area contributed by atoms with Gasteiger partial charge in [0.25, 0.3) is 0 Å². The van der Waals surface area contributed by atoms with Crippen LogP contribution in [0.3, 0.4) is 0 Å². The van der Waals surface area contributed by atoms with Crippen molar-refractivity contribution in [3.63, 3.8) is 0 Å². The zero-order valence-electron chi connectivity index (χ0n) is 14.9. The zero-order valence-corrected chi connectivity index (χ0v) is 14.9.